The van der Waals surface area contributed by atoms with Crippen molar-refractivity contribution in [3.8, 4) is 0 Å². The molecule has 1 rings (SSSR count). The number of nitrogens with zero attached hydrogens (tertiary/aromatic N) is 2. The molecule has 1 N–H and O–H groups in total. The van der Waals surface area contributed by atoms with E-state index in [4.69, 9.17) is 9.84 Å². The number of rotatable bonds is 3. The minimum Gasteiger partial charge on any atom is -0.444 e. The van der Waals surface area contributed by atoms with Crippen molar-refractivity contribution in [2.45, 2.75) is 38.8 Å². The number of piperazine rings is 1. The van der Waals surface area contributed by atoms with Gasteiger partial charge in [-0.3, -0.25) is 0 Å². The van der Waals surface area contributed by atoms with Crippen molar-refractivity contribution in [1.82, 2.24) is 9.21 Å². The van der Waals surface area contributed by atoms with E-state index in [1.807, 2.05) is 27.0 Å². The third-order valence-electron chi connectivity index (χ3n) is 2.78. The molecule has 6 heteroatoms. The molecule has 1 aliphatic heterocycles. The van der Waals surface area contributed by atoms with Crippen LogP contribution in [0.3, 0.4) is 0 Å². The van der Waals surface area contributed by atoms with Crippen LogP contribution < -0.4 is 0 Å². The second-order valence-corrected chi connectivity index (χ2v) is 6.25. The summed E-state index contributed by atoms with van der Waals surface area (Å²) in [6, 6.07) is 0.200. The molecule has 1 atom stereocenters. The van der Waals surface area contributed by atoms with Gasteiger partial charge in [0.15, 0.2) is 0 Å². The van der Waals surface area contributed by atoms with Crippen LogP contribution in [0.4, 0.5) is 4.79 Å². The summed E-state index contributed by atoms with van der Waals surface area (Å²) in [6.07, 6.45) is 2.44. The zero-order chi connectivity index (χ0) is 13.8. The van der Waals surface area contributed by atoms with Gasteiger partial charge in [-0.2, -0.15) is 0 Å². The van der Waals surface area contributed by atoms with Gasteiger partial charge in [0.2, 0.25) is 0 Å². The van der Waals surface area contributed by atoms with Gasteiger partial charge < -0.3 is 14.7 Å². The fourth-order valence-electron chi connectivity index (χ4n) is 1.96. The second-order valence-electron chi connectivity index (χ2n) is 5.42. The van der Waals surface area contributed by atoms with Crippen LogP contribution in [0.5, 0.6) is 0 Å². The third-order valence-corrected chi connectivity index (χ3v) is 3.73. The maximum absolute atomic E-state index is 12.0. The number of carbonyl (C=O) groups excluding carboxylic acids is 1. The molecule has 0 bridgehead atoms. The first-order valence-electron chi connectivity index (χ1n) is 6.27. The predicted molar refractivity (Wildman–Crippen MR) is 73.5 cm³/mol. The van der Waals surface area contributed by atoms with Crippen LogP contribution >= 0.6 is 11.9 Å². The van der Waals surface area contributed by atoms with Crippen LogP contribution in [0.15, 0.2) is 0 Å². The first kappa shape index (κ1) is 15.6. The number of amides is 1. The molecule has 1 aliphatic rings. The van der Waals surface area contributed by atoms with E-state index >= 15 is 0 Å². The molecule has 1 saturated heterocycles. The van der Waals surface area contributed by atoms with Crippen LogP contribution in [-0.2, 0) is 4.74 Å². The van der Waals surface area contributed by atoms with Gasteiger partial charge in [0.25, 0.3) is 0 Å². The van der Waals surface area contributed by atoms with E-state index in [2.05, 4.69) is 4.31 Å². The molecule has 1 fully saturated rings. The minimum absolute atomic E-state index is 0.143. The lowest BCUT2D eigenvalue weighted by molar-refractivity contribution is 0.0125. The Hall–Kier alpha value is -0.460. The largest absolute Gasteiger partial charge is 0.444 e. The molecule has 1 unspecified atom stereocenters. The van der Waals surface area contributed by atoms with Gasteiger partial charge in [-0.05, 0) is 33.4 Å². The quantitative estimate of drug-likeness (QED) is 0.793. The average Bonchev–Trinajstić information content (AvgIpc) is 2.27. The normalized spacial score (nSPS) is 22.1. The molecule has 1 heterocycles. The Morgan fingerprint density at radius 3 is 2.61 bits per heavy atom. The van der Waals surface area contributed by atoms with Crippen molar-refractivity contribution in [3.05, 3.63) is 0 Å². The van der Waals surface area contributed by atoms with E-state index in [9.17, 15) is 4.79 Å². The summed E-state index contributed by atoms with van der Waals surface area (Å²) in [5, 5.41) is 9.07. The number of carbonyl (C=O) groups is 1. The van der Waals surface area contributed by atoms with E-state index in [-0.39, 0.29) is 18.7 Å². The number of aliphatic hydroxyl groups excluding tert-OH is 1. The number of hydrogen-bond donors (Lipinski definition) is 1. The summed E-state index contributed by atoms with van der Waals surface area (Å²) < 4.78 is 7.59. The Bertz CT molecular complexity index is 281. The van der Waals surface area contributed by atoms with Gasteiger partial charge in [0.05, 0.1) is 0 Å². The Kier molecular flexibility index (Phi) is 5.75. The predicted octanol–water partition coefficient (Wildman–Crippen LogP) is 1.57. The molecule has 0 spiro atoms. The molecule has 0 aromatic carbocycles. The summed E-state index contributed by atoms with van der Waals surface area (Å²) in [7, 11) is 0. The first-order chi connectivity index (χ1) is 8.37. The highest BCUT2D eigenvalue weighted by molar-refractivity contribution is 7.96. The molecule has 0 radical (unpaired) electrons. The Morgan fingerprint density at radius 2 is 2.11 bits per heavy atom. The van der Waals surface area contributed by atoms with E-state index in [0.717, 1.165) is 6.54 Å². The zero-order valence-corrected chi connectivity index (χ0v) is 12.5. The molecular formula is C12H24N2O3S. The molecule has 1 amide bonds. The molecule has 0 aromatic heterocycles. The van der Waals surface area contributed by atoms with E-state index < -0.39 is 5.60 Å². The Morgan fingerprint density at radius 1 is 1.44 bits per heavy atom. The molecule has 106 valence electrons. The highest BCUT2D eigenvalue weighted by Crippen LogP contribution is 2.21. The van der Waals surface area contributed by atoms with E-state index in [1.54, 1.807) is 16.8 Å². The second kappa shape index (κ2) is 6.63. The fraction of sp³-hybridized carbons (Fsp3) is 0.917. The van der Waals surface area contributed by atoms with Gasteiger partial charge >= 0.3 is 6.09 Å². The number of ether oxygens (including phenoxy) is 1. The summed E-state index contributed by atoms with van der Waals surface area (Å²) in [5.41, 5.74) is -0.458. The highest BCUT2D eigenvalue weighted by atomic mass is 32.2. The van der Waals surface area contributed by atoms with Crippen LogP contribution in [0.1, 0.15) is 27.2 Å². The summed E-state index contributed by atoms with van der Waals surface area (Å²) in [5.74, 6) is 0. The number of aliphatic hydroxyl groups is 1. The van der Waals surface area contributed by atoms with E-state index in [0.29, 0.717) is 19.5 Å². The van der Waals surface area contributed by atoms with Crippen molar-refractivity contribution in [1.29, 1.82) is 0 Å². The topological polar surface area (TPSA) is 53.0 Å². The smallest absolute Gasteiger partial charge is 0.410 e. The molecule has 0 aromatic rings. The molecular weight excluding hydrogens is 252 g/mol. The maximum Gasteiger partial charge on any atom is 0.410 e. The van der Waals surface area contributed by atoms with Gasteiger partial charge in [-0.25, -0.2) is 9.10 Å². The van der Waals surface area contributed by atoms with Gasteiger partial charge in [-0.1, -0.05) is 11.9 Å². The van der Waals surface area contributed by atoms with Gasteiger partial charge in [0.1, 0.15) is 5.60 Å². The lowest BCUT2D eigenvalue weighted by Gasteiger charge is -2.40. The summed E-state index contributed by atoms with van der Waals surface area (Å²) in [4.78, 5) is 13.7. The molecule has 0 saturated carbocycles. The van der Waals surface area contributed by atoms with Gasteiger partial charge in [0, 0.05) is 32.3 Å². The molecule has 0 aliphatic carbocycles. The van der Waals surface area contributed by atoms with Crippen LogP contribution in [0.25, 0.3) is 0 Å². The fourth-order valence-corrected chi connectivity index (χ4v) is 2.69. The SMILES string of the molecule is CSN1CCN(C(=O)OC(C)(C)C)CC1CCO. The van der Waals surface area contributed by atoms with Gasteiger partial charge in [-0.15, -0.1) is 0 Å². The first-order valence-corrected chi connectivity index (χ1v) is 7.45. The Labute approximate surface area is 114 Å². The third kappa shape index (κ3) is 4.66. The zero-order valence-electron chi connectivity index (χ0n) is 11.7. The van der Waals surface area contributed by atoms with E-state index in [1.165, 1.54) is 0 Å². The van der Waals surface area contributed by atoms with Crippen molar-refractivity contribution in [2.75, 3.05) is 32.5 Å². The van der Waals surface area contributed by atoms with Crippen molar-refractivity contribution in [3.63, 3.8) is 0 Å². The monoisotopic (exact) mass is 276 g/mol. The minimum atomic E-state index is -0.458. The summed E-state index contributed by atoms with van der Waals surface area (Å²) in [6.45, 7) is 7.86. The van der Waals surface area contributed by atoms with Crippen LogP contribution in [-0.4, -0.2) is 64.5 Å². The maximum atomic E-state index is 12.0. The Balaban J connectivity index is 2.56. The molecule has 5 nitrogen and oxygen atoms in total. The highest BCUT2D eigenvalue weighted by Gasteiger charge is 2.31. The average molecular weight is 276 g/mol. The van der Waals surface area contributed by atoms with Crippen molar-refractivity contribution < 1.29 is 14.6 Å². The summed E-state index contributed by atoms with van der Waals surface area (Å²) >= 11 is 1.66. The van der Waals surface area contributed by atoms with Crippen molar-refractivity contribution in [2.24, 2.45) is 0 Å². The number of hydrogen-bond acceptors (Lipinski definition) is 5. The van der Waals surface area contributed by atoms with Crippen molar-refractivity contribution >= 4 is 18.0 Å². The van der Waals surface area contributed by atoms with Crippen LogP contribution in [0, 0.1) is 0 Å². The lowest BCUT2D eigenvalue weighted by Crippen LogP contribution is -2.53. The standard InChI is InChI=1S/C12H24N2O3S/c1-12(2,3)17-11(16)13-6-7-14(18-4)10(9-13)5-8-15/h10,15H,5-9H2,1-4H3. The van der Waals surface area contributed by atoms with Crippen LogP contribution in [0.2, 0.25) is 0 Å². The molecule has 18 heavy (non-hydrogen) atoms. The lowest BCUT2D eigenvalue weighted by atomic mass is 10.1.